The van der Waals surface area contributed by atoms with Crippen LogP contribution >= 0.6 is 0 Å². The number of nitrogens with two attached hydrogens (primary N) is 5. The van der Waals surface area contributed by atoms with Gasteiger partial charge in [-0.2, -0.15) is 0 Å². The van der Waals surface area contributed by atoms with Crippen LogP contribution in [0.15, 0.2) is 9.98 Å². The van der Waals surface area contributed by atoms with Gasteiger partial charge in [0.05, 0.1) is 18.8 Å². The van der Waals surface area contributed by atoms with Crippen LogP contribution < -0.4 is 44.6 Å². The van der Waals surface area contributed by atoms with Crippen LogP contribution in [-0.2, 0) is 19.2 Å². The van der Waals surface area contributed by atoms with Crippen molar-refractivity contribution in [3.8, 4) is 0 Å². The summed E-state index contributed by atoms with van der Waals surface area (Å²) in [5.74, 6) is -4.37. The monoisotopic (exact) mass is 518 g/mol. The standard InChI is InChI=1S/C19H38N10O7/c1-9(31)13(29-14(32)10(20)4-2-6-25-18(21)22)16(34)28-12(8-30)15(33)27-11(17(35)36)5-3-7-26-19(23)24/h9-13,30-31H,2-8,20H2,1H3,(H,27,33)(H,28,34)(H,29,32)(H,35,36)(H4,21,22,25)(H4,23,24,26). The highest BCUT2D eigenvalue weighted by atomic mass is 16.4. The zero-order chi connectivity index (χ0) is 27.8. The molecule has 16 N–H and O–H groups in total. The van der Waals surface area contributed by atoms with Crippen LogP contribution in [0.3, 0.4) is 0 Å². The number of nitrogens with one attached hydrogen (secondary N) is 3. The van der Waals surface area contributed by atoms with E-state index in [1.54, 1.807) is 0 Å². The van der Waals surface area contributed by atoms with Crippen molar-refractivity contribution < 1.29 is 34.5 Å². The fourth-order valence-electron chi connectivity index (χ4n) is 2.80. The molecule has 0 aliphatic heterocycles. The fourth-order valence-corrected chi connectivity index (χ4v) is 2.80. The van der Waals surface area contributed by atoms with Crippen LogP contribution in [0, 0.1) is 0 Å². The van der Waals surface area contributed by atoms with Crippen LogP contribution in [0.2, 0.25) is 0 Å². The van der Waals surface area contributed by atoms with Gasteiger partial charge < -0.3 is 59.9 Å². The summed E-state index contributed by atoms with van der Waals surface area (Å²) in [6.45, 7) is 0.708. The minimum atomic E-state index is -1.57. The highest BCUT2D eigenvalue weighted by Crippen LogP contribution is 2.02. The number of carboxylic acids is 1. The number of nitrogens with zero attached hydrogens (tertiary/aromatic N) is 2. The maximum absolute atomic E-state index is 12.6. The third kappa shape index (κ3) is 13.3. The lowest BCUT2D eigenvalue weighted by Crippen LogP contribution is -2.60. The summed E-state index contributed by atoms with van der Waals surface area (Å²) in [7, 11) is 0. The third-order valence-electron chi connectivity index (χ3n) is 4.74. The number of rotatable bonds is 17. The Morgan fingerprint density at radius 2 is 1.31 bits per heavy atom. The molecule has 0 aromatic heterocycles. The Morgan fingerprint density at radius 3 is 1.75 bits per heavy atom. The minimum Gasteiger partial charge on any atom is -0.480 e. The van der Waals surface area contributed by atoms with E-state index in [0.29, 0.717) is 6.42 Å². The van der Waals surface area contributed by atoms with E-state index in [1.807, 2.05) is 0 Å². The quantitative estimate of drug-likeness (QED) is 0.0487. The average Bonchev–Trinajstić information content (AvgIpc) is 2.79. The summed E-state index contributed by atoms with van der Waals surface area (Å²) in [6, 6.07) is -5.47. The number of aliphatic hydroxyl groups is 2. The van der Waals surface area contributed by atoms with Gasteiger partial charge in [0.15, 0.2) is 11.9 Å². The number of aliphatic hydroxyl groups excluding tert-OH is 2. The molecule has 36 heavy (non-hydrogen) atoms. The van der Waals surface area contributed by atoms with Crippen LogP contribution in [0.4, 0.5) is 0 Å². The molecule has 0 rings (SSSR count). The number of hydrogen-bond donors (Lipinski definition) is 11. The molecule has 3 amide bonds. The van der Waals surface area contributed by atoms with E-state index in [4.69, 9.17) is 28.7 Å². The fraction of sp³-hybridized carbons (Fsp3) is 0.684. The normalized spacial score (nSPS) is 14.8. The number of carboxylic acid groups (broad SMARTS) is 1. The van der Waals surface area contributed by atoms with Gasteiger partial charge in [-0.1, -0.05) is 0 Å². The number of carbonyl (C=O) groups is 4. The van der Waals surface area contributed by atoms with Crippen LogP contribution in [0.1, 0.15) is 32.6 Å². The van der Waals surface area contributed by atoms with Gasteiger partial charge >= 0.3 is 5.97 Å². The highest BCUT2D eigenvalue weighted by Gasteiger charge is 2.32. The molecule has 0 aromatic carbocycles. The Bertz CT molecular complexity index is 797. The zero-order valence-corrected chi connectivity index (χ0v) is 20.1. The van der Waals surface area contributed by atoms with Crippen LogP contribution in [-0.4, -0.2) is 101 Å². The highest BCUT2D eigenvalue weighted by molar-refractivity contribution is 5.94. The smallest absolute Gasteiger partial charge is 0.326 e. The van der Waals surface area contributed by atoms with Gasteiger partial charge in [0, 0.05) is 13.1 Å². The van der Waals surface area contributed by atoms with E-state index in [9.17, 15) is 34.5 Å². The molecule has 0 heterocycles. The van der Waals surface area contributed by atoms with Gasteiger partial charge in [0.1, 0.15) is 18.1 Å². The molecule has 0 radical (unpaired) electrons. The largest absolute Gasteiger partial charge is 0.480 e. The average molecular weight is 519 g/mol. The lowest BCUT2D eigenvalue weighted by atomic mass is 10.1. The van der Waals surface area contributed by atoms with Crippen LogP contribution in [0.25, 0.3) is 0 Å². The first kappa shape index (κ1) is 32.3. The molecule has 5 atom stereocenters. The molecular weight excluding hydrogens is 480 g/mol. The second-order valence-corrected chi connectivity index (χ2v) is 7.87. The van der Waals surface area contributed by atoms with E-state index < -0.39 is 60.6 Å². The van der Waals surface area contributed by atoms with E-state index in [0.717, 1.165) is 0 Å². The van der Waals surface area contributed by atoms with Gasteiger partial charge in [0.25, 0.3) is 0 Å². The second-order valence-electron chi connectivity index (χ2n) is 7.87. The first-order valence-electron chi connectivity index (χ1n) is 11.1. The summed E-state index contributed by atoms with van der Waals surface area (Å²) in [5.41, 5.74) is 26.6. The number of carbonyl (C=O) groups excluding carboxylic acids is 3. The van der Waals surface area contributed by atoms with E-state index >= 15 is 0 Å². The number of amides is 3. The summed E-state index contributed by atoms with van der Waals surface area (Å²) in [5, 5.41) is 35.5. The van der Waals surface area contributed by atoms with E-state index in [-0.39, 0.29) is 44.3 Å². The number of guanidine groups is 2. The Hall–Kier alpha value is -3.70. The molecule has 0 aliphatic carbocycles. The molecule has 0 bridgehead atoms. The van der Waals surface area contributed by atoms with Crippen molar-refractivity contribution in [3.63, 3.8) is 0 Å². The Kier molecular flexibility index (Phi) is 15.1. The van der Waals surface area contributed by atoms with Gasteiger partial charge in [-0.25, -0.2) is 4.79 Å². The molecule has 0 saturated carbocycles. The molecular formula is C19H38N10O7. The van der Waals surface area contributed by atoms with Crippen molar-refractivity contribution in [2.75, 3.05) is 19.7 Å². The first-order valence-corrected chi connectivity index (χ1v) is 11.1. The molecule has 0 spiro atoms. The Balaban J connectivity index is 5.06. The summed E-state index contributed by atoms with van der Waals surface area (Å²) >= 11 is 0. The third-order valence-corrected chi connectivity index (χ3v) is 4.74. The van der Waals surface area contributed by atoms with Crippen molar-refractivity contribution in [1.29, 1.82) is 0 Å². The van der Waals surface area contributed by atoms with Gasteiger partial charge in [-0.05, 0) is 32.6 Å². The minimum absolute atomic E-state index is 0.0304. The Morgan fingerprint density at radius 1 is 0.806 bits per heavy atom. The zero-order valence-electron chi connectivity index (χ0n) is 20.1. The lowest BCUT2D eigenvalue weighted by Gasteiger charge is -2.25. The van der Waals surface area contributed by atoms with Crippen molar-refractivity contribution >= 4 is 35.6 Å². The number of hydrogen-bond acceptors (Lipinski definition) is 9. The number of aliphatic imine (C=N–C) groups is 2. The molecule has 0 fully saturated rings. The predicted octanol–water partition coefficient (Wildman–Crippen LogP) is -5.67. The predicted molar refractivity (Wildman–Crippen MR) is 130 cm³/mol. The maximum Gasteiger partial charge on any atom is 0.326 e. The molecule has 0 saturated heterocycles. The van der Waals surface area contributed by atoms with Crippen molar-refractivity contribution in [3.05, 3.63) is 0 Å². The van der Waals surface area contributed by atoms with Gasteiger partial charge in [0.2, 0.25) is 17.7 Å². The van der Waals surface area contributed by atoms with Crippen molar-refractivity contribution in [2.45, 2.75) is 62.9 Å². The molecule has 0 aromatic rings. The van der Waals surface area contributed by atoms with Crippen molar-refractivity contribution in [2.24, 2.45) is 38.7 Å². The van der Waals surface area contributed by atoms with E-state index in [2.05, 4.69) is 25.9 Å². The SMILES string of the molecule is CC(O)C(NC(=O)C(N)CCCN=C(N)N)C(=O)NC(CO)C(=O)NC(CCCN=C(N)N)C(=O)O. The second kappa shape index (κ2) is 16.8. The summed E-state index contributed by atoms with van der Waals surface area (Å²) in [4.78, 5) is 56.3. The molecule has 206 valence electrons. The first-order chi connectivity index (χ1) is 16.8. The lowest BCUT2D eigenvalue weighted by molar-refractivity contribution is -0.143. The van der Waals surface area contributed by atoms with Crippen LogP contribution in [0.5, 0.6) is 0 Å². The van der Waals surface area contributed by atoms with Crippen molar-refractivity contribution in [1.82, 2.24) is 16.0 Å². The van der Waals surface area contributed by atoms with E-state index in [1.165, 1.54) is 6.92 Å². The topological polar surface area (TPSA) is 320 Å². The summed E-state index contributed by atoms with van der Waals surface area (Å²) in [6.07, 6.45) is -0.641. The number of aliphatic carboxylic acids is 1. The van der Waals surface area contributed by atoms with Gasteiger partial charge in [-0.15, -0.1) is 0 Å². The maximum atomic E-state index is 12.6. The molecule has 17 nitrogen and oxygen atoms in total. The summed E-state index contributed by atoms with van der Waals surface area (Å²) < 4.78 is 0. The molecule has 0 aliphatic rings. The molecule has 5 unspecified atom stereocenters. The Labute approximate surface area is 207 Å². The molecule has 17 heteroatoms. The van der Waals surface area contributed by atoms with Gasteiger partial charge in [-0.3, -0.25) is 24.4 Å².